The molecule has 5 nitrogen and oxygen atoms in total. The van der Waals surface area contributed by atoms with Crippen molar-refractivity contribution in [3.63, 3.8) is 0 Å². The van der Waals surface area contributed by atoms with Gasteiger partial charge in [0.1, 0.15) is 17.5 Å². The summed E-state index contributed by atoms with van der Waals surface area (Å²) in [4.78, 5) is 21.4. The molecule has 0 aliphatic carbocycles. The summed E-state index contributed by atoms with van der Waals surface area (Å²) < 4.78 is 5.76. The third-order valence-corrected chi connectivity index (χ3v) is 3.83. The fraction of sp³-hybridized carbons (Fsp3) is 0.176. The van der Waals surface area contributed by atoms with Gasteiger partial charge in [-0.15, -0.1) is 0 Å². The number of para-hydroxylation sites is 1. The third-order valence-electron chi connectivity index (χ3n) is 3.83. The van der Waals surface area contributed by atoms with Gasteiger partial charge in [-0.25, -0.2) is 0 Å². The predicted molar refractivity (Wildman–Crippen MR) is 82.9 cm³/mol. The summed E-state index contributed by atoms with van der Waals surface area (Å²) in [5.74, 6) is 0.757. The molecule has 3 heterocycles. The molecule has 1 fully saturated rings. The van der Waals surface area contributed by atoms with E-state index in [4.69, 9.17) is 4.74 Å². The number of rotatable bonds is 3. The van der Waals surface area contributed by atoms with Crippen LogP contribution in [0.2, 0.25) is 0 Å². The second kappa shape index (κ2) is 5.18. The van der Waals surface area contributed by atoms with Crippen molar-refractivity contribution in [3.05, 3.63) is 60.6 Å². The molecule has 0 atom stereocenters. The molecule has 0 radical (unpaired) electrons. The molecular formula is C17H15N3O2. The number of carbonyl (C=O) groups excluding carboxylic acids is 1. The SMILES string of the molecule is O=C(c1cc2ccccc2[nH]1)N1CC(Oc2cccnc2)C1. The molecule has 0 bridgehead atoms. The van der Waals surface area contributed by atoms with Gasteiger partial charge in [0.05, 0.1) is 19.3 Å². The summed E-state index contributed by atoms with van der Waals surface area (Å²) in [5.41, 5.74) is 1.61. The lowest BCUT2D eigenvalue weighted by molar-refractivity contribution is 0.0173. The van der Waals surface area contributed by atoms with Crippen LogP contribution in [-0.4, -0.2) is 40.0 Å². The van der Waals surface area contributed by atoms with Crippen molar-refractivity contribution < 1.29 is 9.53 Å². The van der Waals surface area contributed by atoms with Gasteiger partial charge < -0.3 is 14.6 Å². The van der Waals surface area contributed by atoms with E-state index in [-0.39, 0.29) is 12.0 Å². The Kier molecular flexibility index (Phi) is 3.04. The second-order valence-electron chi connectivity index (χ2n) is 5.41. The number of pyridine rings is 1. The van der Waals surface area contributed by atoms with Gasteiger partial charge in [0, 0.05) is 17.1 Å². The quantitative estimate of drug-likeness (QED) is 0.807. The Bertz CT molecular complexity index is 774. The topological polar surface area (TPSA) is 58.2 Å². The molecule has 1 amide bonds. The van der Waals surface area contributed by atoms with Crippen LogP contribution in [0, 0.1) is 0 Å². The van der Waals surface area contributed by atoms with Crippen molar-refractivity contribution in [1.29, 1.82) is 0 Å². The number of carbonyl (C=O) groups is 1. The number of aromatic amines is 1. The van der Waals surface area contributed by atoms with Crippen molar-refractivity contribution in [2.75, 3.05) is 13.1 Å². The zero-order chi connectivity index (χ0) is 14.9. The smallest absolute Gasteiger partial charge is 0.270 e. The number of hydrogen-bond acceptors (Lipinski definition) is 3. The highest BCUT2D eigenvalue weighted by molar-refractivity contribution is 5.98. The van der Waals surface area contributed by atoms with Crippen LogP contribution in [0.4, 0.5) is 0 Å². The van der Waals surface area contributed by atoms with Crippen LogP contribution < -0.4 is 4.74 Å². The molecule has 3 aromatic rings. The molecule has 1 saturated heterocycles. The first-order chi connectivity index (χ1) is 10.8. The number of aromatic nitrogens is 2. The van der Waals surface area contributed by atoms with E-state index in [0.717, 1.165) is 16.7 Å². The van der Waals surface area contributed by atoms with Gasteiger partial charge in [0.2, 0.25) is 0 Å². The number of ether oxygens (including phenoxy) is 1. The van der Waals surface area contributed by atoms with Gasteiger partial charge in [-0.3, -0.25) is 9.78 Å². The van der Waals surface area contributed by atoms with E-state index >= 15 is 0 Å². The van der Waals surface area contributed by atoms with Crippen molar-refractivity contribution in [2.24, 2.45) is 0 Å². The number of fused-ring (bicyclic) bond motifs is 1. The van der Waals surface area contributed by atoms with Crippen LogP contribution in [0.3, 0.4) is 0 Å². The van der Waals surface area contributed by atoms with E-state index < -0.39 is 0 Å². The first kappa shape index (κ1) is 12.9. The maximum Gasteiger partial charge on any atom is 0.270 e. The van der Waals surface area contributed by atoms with E-state index in [2.05, 4.69) is 9.97 Å². The highest BCUT2D eigenvalue weighted by atomic mass is 16.5. The lowest BCUT2D eigenvalue weighted by Crippen LogP contribution is -2.56. The third kappa shape index (κ3) is 2.30. The summed E-state index contributed by atoms with van der Waals surface area (Å²) in [6, 6.07) is 13.5. The largest absolute Gasteiger partial charge is 0.485 e. The Morgan fingerprint density at radius 2 is 2.09 bits per heavy atom. The lowest BCUT2D eigenvalue weighted by atomic mass is 10.1. The maximum absolute atomic E-state index is 12.4. The van der Waals surface area contributed by atoms with Gasteiger partial charge in [-0.2, -0.15) is 0 Å². The minimum atomic E-state index is 0.0160. The number of likely N-dealkylation sites (tertiary alicyclic amines) is 1. The Balaban J connectivity index is 1.41. The number of H-pyrrole nitrogens is 1. The molecule has 5 heteroatoms. The lowest BCUT2D eigenvalue weighted by Gasteiger charge is -2.38. The average Bonchev–Trinajstić information content (AvgIpc) is 2.95. The Hall–Kier alpha value is -2.82. The standard InChI is InChI=1S/C17H15N3O2/c21-17(16-8-12-4-1-2-6-15(12)19-16)20-10-14(11-20)22-13-5-3-7-18-9-13/h1-9,14,19H,10-11H2. The van der Waals surface area contributed by atoms with Gasteiger partial charge >= 0.3 is 0 Å². The first-order valence-electron chi connectivity index (χ1n) is 7.23. The summed E-state index contributed by atoms with van der Waals surface area (Å²) in [6.07, 6.45) is 3.43. The van der Waals surface area contributed by atoms with E-state index in [0.29, 0.717) is 18.8 Å². The van der Waals surface area contributed by atoms with Crippen LogP contribution >= 0.6 is 0 Å². The number of hydrogen-bond donors (Lipinski definition) is 1. The van der Waals surface area contributed by atoms with E-state index in [1.807, 2.05) is 42.5 Å². The monoisotopic (exact) mass is 293 g/mol. The molecule has 0 saturated carbocycles. The second-order valence-corrected chi connectivity index (χ2v) is 5.41. The van der Waals surface area contributed by atoms with Gasteiger partial charge in [-0.05, 0) is 24.3 Å². The van der Waals surface area contributed by atoms with Gasteiger partial charge in [0.15, 0.2) is 0 Å². The summed E-state index contributed by atoms with van der Waals surface area (Å²) in [5, 5.41) is 1.05. The molecule has 110 valence electrons. The van der Waals surface area contributed by atoms with Crippen LogP contribution in [0.5, 0.6) is 5.75 Å². The molecule has 1 aliphatic rings. The summed E-state index contributed by atoms with van der Waals surface area (Å²) in [7, 11) is 0. The highest BCUT2D eigenvalue weighted by Gasteiger charge is 2.33. The van der Waals surface area contributed by atoms with Crippen molar-refractivity contribution in [3.8, 4) is 5.75 Å². The zero-order valence-electron chi connectivity index (χ0n) is 11.9. The van der Waals surface area contributed by atoms with Crippen molar-refractivity contribution in [1.82, 2.24) is 14.9 Å². The fourth-order valence-electron chi connectivity index (χ4n) is 2.65. The minimum absolute atomic E-state index is 0.0160. The number of nitrogens with zero attached hydrogens (tertiary/aromatic N) is 2. The predicted octanol–water partition coefficient (Wildman–Crippen LogP) is 2.47. The fourth-order valence-corrected chi connectivity index (χ4v) is 2.65. The van der Waals surface area contributed by atoms with Crippen LogP contribution in [-0.2, 0) is 0 Å². The minimum Gasteiger partial charge on any atom is -0.485 e. The first-order valence-corrected chi connectivity index (χ1v) is 7.23. The normalized spacial score (nSPS) is 14.8. The molecule has 2 aromatic heterocycles. The Morgan fingerprint density at radius 1 is 1.23 bits per heavy atom. The number of nitrogens with one attached hydrogen (secondary N) is 1. The Labute approximate surface area is 127 Å². The van der Waals surface area contributed by atoms with Crippen LogP contribution in [0.15, 0.2) is 54.9 Å². The van der Waals surface area contributed by atoms with E-state index in [1.54, 1.807) is 17.3 Å². The number of amides is 1. The van der Waals surface area contributed by atoms with E-state index in [9.17, 15) is 4.79 Å². The van der Waals surface area contributed by atoms with Gasteiger partial charge in [-0.1, -0.05) is 18.2 Å². The van der Waals surface area contributed by atoms with Crippen LogP contribution in [0.25, 0.3) is 10.9 Å². The molecule has 1 aliphatic heterocycles. The summed E-state index contributed by atoms with van der Waals surface area (Å²) in [6.45, 7) is 1.20. The molecular weight excluding hydrogens is 278 g/mol. The highest BCUT2D eigenvalue weighted by Crippen LogP contribution is 2.21. The average molecular weight is 293 g/mol. The molecule has 22 heavy (non-hydrogen) atoms. The Morgan fingerprint density at radius 3 is 2.86 bits per heavy atom. The van der Waals surface area contributed by atoms with E-state index in [1.165, 1.54) is 0 Å². The zero-order valence-corrected chi connectivity index (χ0v) is 11.9. The van der Waals surface area contributed by atoms with Crippen molar-refractivity contribution in [2.45, 2.75) is 6.10 Å². The molecule has 4 rings (SSSR count). The maximum atomic E-state index is 12.4. The summed E-state index contributed by atoms with van der Waals surface area (Å²) >= 11 is 0. The van der Waals surface area contributed by atoms with Gasteiger partial charge in [0.25, 0.3) is 5.91 Å². The van der Waals surface area contributed by atoms with Crippen LogP contribution in [0.1, 0.15) is 10.5 Å². The number of benzene rings is 1. The molecule has 0 unspecified atom stereocenters. The van der Waals surface area contributed by atoms with Crippen molar-refractivity contribution >= 4 is 16.8 Å². The molecule has 0 spiro atoms. The molecule has 1 N–H and O–H groups in total. The molecule has 1 aromatic carbocycles.